The zero-order chi connectivity index (χ0) is 22.6. The van der Waals surface area contributed by atoms with Crippen molar-refractivity contribution in [1.29, 1.82) is 0 Å². The highest BCUT2D eigenvalue weighted by atomic mass is 16.1. The van der Waals surface area contributed by atoms with Crippen molar-refractivity contribution in [3.8, 4) is 0 Å². The Balaban J connectivity index is 0.000000424. The number of hydrogen-bond acceptors (Lipinski definition) is 2. The summed E-state index contributed by atoms with van der Waals surface area (Å²) in [6.45, 7) is 13.9. The van der Waals surface area contributed by atoms with Gasteiger partial charge in [-0.25, -0.2) is 0 Å². The van der Waals surface area contributed by atoms with Crippen LogP contribution in [0.4, 0.5) is 0 Å². The van der Waals surface area contributed by atoms with Crippen LogP contribution in [-0.2, 0) is 4.79 Å². The minimum absolute atomic E-state index is 0.708. The third kappa shape index (κ3) is 16.0. The molecule has 1 saturated carbocycles. The molecule has 3 rings (SSSR count). The normalized spacial score (nSPS) is 17.3. The maximum Gasteiger partial charge on any atom is 0.119 e. The molecule has 0 spiro atoms. The van der Waals surface area contributed by atoms with Crippen LogP contribution < -0.4 is 5.32 Å². The van der Waals surface area contributed by atoms with Crippen LogP contribution in [0, 0.1) is 5.92 Å². The Labute approximate surface area is 187 Å². The van der Waals surface area contributed by atoms with Gasteiger partial charge in [0.1, 0.15) is 6.29 Å². The summed E-state index contributed by atoms with van der Waals surface area (Å²) >= 11 is 0. The molecule has 0 aromatic heterocycles. The average molecular weight is 414 g/mol. The smallest absolute Gasteiger partial charge is 0.119 e. The lowest BCUT2D eigenvalue weighted by Crippen LogP contribution is -2.15. The van der Waals surface area contributed by atoms with Gasteiger partial charge in [0.25, 0.3) is 0 Å². The van der Waals surface area contributed by atoms with Crippen LogP contribution in [0.5, 0.6) is 0 Å². The zero-order valence-electron chi connectivity index (χ0n) is 20.6. The summed E-state index contributed by atoms with van der Waals surface area (Å²) in [4.78, 5) is 9.40. The van der Waals surface area contributed by atoms with Gasteiger partial charge in [-0.3, -0.25) is 0 Å². The van der Waals surface area contributed by atoms with Crippen molar-refractivity contribution >= 4 is 6.29 Å². The maximum atomic E-state index is 9.40. The molecule has 1 heterocycles. The molecular weight excluding hydrogens is 366 g/mol. The van der Waals surface area contributed by atoms with E-state index in [1.807, 2.05) is 6.92 Å². The lowest BCUT2D eigenvalue weighted by Gasteiger charge is -2.12. The van der Waals surface area contributed by atoms with Crippen LogP contribution in [0.25, 0.3) is 0 Å². The number of hydrogen-bond donors (Lipinski definition) is 1. The van der Waals surface area contributed by atoms with Crippen molar-refractivity contribution in [3.05, 3.63) is 58.9 Å². The number of carbonyl (C=O) groups excluding carboxylic acids is 1. The summed E-state index contributed by atoms with van der Waals surface area (Å²) in [5.74, 6) is 0.883. The molecule has 0 aromatic rings. The third-order valence-corrected chi connectivity index (χ3v) is 5.10. The van der Waals surface area contributed by atoms with Crippen molar-refractivity contribution in [2.75, 3.05) is 6.54 Å². The first-order chi connectivity index (χ1) is 14.5. The lowest BCUT2D eigenvalue weighted by molar-refractivity contribution is -0.107. The second kappa shape index (κ2) is 19.2. The first-order valence-corrected chi connectivity index (χ1v) is 12.1. The van der Waals surface area contributed by atoms with Gasteiger partial charge in [-0.1, -0.05) is 81.6 Å². The Hall–Kier alpha value is -1.83. The molecule has 2 heteroatoms. The van der Waals surface area contributed by atoms with Gasteiger partial charge in [0.05, 0.1) is 0 Å². The molecule has 170 valence electrons. The molecule has 1 N–H and O–H groups in total. The molecule has 0 aromatic carbocycles. The Bertz CT molecular complexity index is 598. The summed E-state index contributed by atoms with van der Waals surface area (Å²) < 4.78 is 0. The van der Waals surface area contributed by atoms with Crippen molar-refractivity contribution in [2.24, 2.45) is 5.92 Å². The first-order valence-electron chi connectivity index (χ1n) is 12.1. The topological polar surface area (TPSA) is 29.1 Å². The van der Waals surface area contributed by atoms with Gasteiger partial charge >= 0.3 is 0 Å². The molecule has 0 amide bonds. The van der Waals surface area contributed by atoms with E-state index in [9.17, 15) is 4.79 Å². The number of unbranched alkanes of at least 4 members (excludes halogenated alkanes) is 2. The molecule has 0 bridgehead atoms. The van der Waals surface area contributed by atoms with Crippen molar-refractivity contribution < 1.29 is 4.79 Å². The number of carbonyl (C=O) groups is 1. The molecule has 0 saturated heterocycles. The predicted octanol–water partition coefficient (Wildman–Crippen LogP) is 8.24. The third-order valence-electron chi connectivity index (χ3n) is 5.10. The van der Waals surface area contributed by atoms with Gasteiger partial charge in [-0.05, 0) is 70.4 Å². The Kier molecular flexibility index (Phi) is 18.0. The highest BCUT2D eigenvalue weighted by Gasteiger charge is 2.22. The van der Waals surface area contributed by atoms with Gasteiger partial charge in [0.15, 0.2) is 0 Å². The quantitative estimate of drug-likeness (QED) is 0.444. The predicted molar refractivity (Wildman–Crippen MR) is 135 cm³/mol. The highest BCUT2D eigenvalue weighted by Crippen LogP contribution is 2.36. The number of aldehydes is 1. The molecule has 2 nitrogen and oxygen atoms in total. The molecule has 30 heavy (non-hydrogen) atoms. The number of nitrogens with one attached hydrogen (secondary N) is 1. The molecule has 1 aliphatic heterocycles. The number of rotatable bonds is 6. The SMILES string of the molecule is CC1=CCNC(/C=C(/C)C2CC2)=C1.CCC1=CCCC=C1.CCCC.CCCC=O. The first kappa shape index (κ1) is 28.2. The minimum Gasteiger partial charge on any atom is -0.382 e. The fraction of sp³-hybridized carbons (Fsp3) is 0.607. The van der Waals surface area contributed by atoms with E-state index >= 15 is 0 Å². The van der Waals surface area contributed by atoms with Gasteiger partial charge < -0.3 is 10.1 Å². The van der Waals surface area contributed by atoms with Crippen LogP contribution >= 0.6 is 0 Å². The number of allylic oxidation sites excluding steroid dienone is 8. The summed E-state index contributed by atoms with van der Waals surface area (Å²) in [5, 5.41) is 3.37. The van der Waals surface area contributed by atoms with Crippen molar-refractivity contribution in [3.63, 3.8) is 0 Å². The largest absolute Gasteiger partial charge is 0.382 e. The van der Waals surface area contributed by atoms with Crippen LogP contribution in [0.2, 0.25) is 0 Å². The van der Waals surface area contributed by atoms with E-state index < -0.39 is 0 Å². The zero-order valence-corrected chi connectivity index (χ0v) is 20.6. The Morgan fingerprint density at radius 3 is 2.13 bits per heavy atom. The van der Waals surface area contributed by atoms with E-state index in [0.717, 1.165) is 25.2 Å². The molecule has 1 fully saturated rings. The summed E-state index contributed by atoms with van der Waals surface area (Å²) in [7, 11) is 0. The summed E-state index contributed by atoms with van der Waals surface area (Å²) in [6, 6.07) is 0. The van der Waals surface area contributed by atoms with E-state index in [0.29, 0.717) is 6.42 Å². The van der Waals surface area contributed by atoms with E-state index in [2.05, 4.69) is 76.4 Å². The van der Waals surface area contributed by atoms with Crippen molar-refractivity contribution in [1.82, 2.24) is 5.32 Å². The van der Waals surface area contributed by atoms with Gasteiger partial charge in [-0.15, -0.1) is 0 Å². The number of dihydropyridines is 1. The molecular formula is C28H47NO. The van der Waals surface area contributed by atoms with Crippen LogP contribution in [0.1, 0.15) is 99.3 Å². The monoisotopic (exact) mass is 413 g/mol. The molecule has 0 unspecified atom stereocenters. The standard InChI is InChI=1S/C12H17N.C8H12.C4H8O.C4H10/c1-9-5-6-13-12(7-9)8-10(2)11-3-4-11;1-2-8-6-4-3-5-7-8;1-2-3-4-5;1-3-4-2/h5,7-8,11,13H,3-4,6H2,1-2H3;4,6-7H,2-3,5H2,1H3;4H,2-3H2,1H3;3-4H2,1-2H3/b10-8-;;;. The minimum atomic E-state index is 0.708. The molecule has 0 radical (unpaired) electrons. The van der Waals surface area contributed by atoms with Crippen molar-refractivity contribution in [2.45, 2.75) is 99.3 Å². The second-order valence-electron chi connectivity index (χ2n) is 8.16. The second-order valence-corrected chi connectivity index (χ2v) is 8.16. The van der Waals surface area contributed by atoms with Crippen LogP contribution in [0.3, 0.4) is 0 Å². The van der Waals surface area contributed by atoms with E-state index in [4.69, 9.17) is 0 Å². The molecule has 2 aliphatic carbocycles. The van der Waals surface area contributed by atoms with E-state index in [-0.39, 0.29) is 0 Å². The highest BCUT2D eigenvalue weighted by molar-refractivity contribution is 5.48. The van der Waals surface area contributed by atoms with Gasteiger partial charge in [0, 0.05) is 18.7 Å². The summed E-state index contributed by atoms with van der Waals surface area (Å²) in [5.41, 5.74) is 5.68. The fourth-order valence-corrected chi connectivity index (χ4v) is 2.73. The lowest BCUT2D eigenvalue weighted by atomic mass is 10.1. The molecule has 0 atom stereocenters. The average Bonchev–Trinajstić information content (AvgIpc) is 3.62. The van der Waals surface area contributed by atoms with Gasteiger partial charge in [-0.2, -0.15) is 0 Å². The Morgan fingerprint density at radius 1 is 1.07 bits per heavy atom. The Morgan fingerprint density at radius 2 is 1.77 bits per heavy atom. The maximum absolute atomic E-state index is 9.40. The molecule has 3 aliphatic rings. The van der Waals surface area contributed by atoms with Crippen LogP contribution in [0.15, 0.2) is 58.9 Å². The fourth-order valence-electron chi connectivity index (χ4n) is 2.73. The van der Waals surface area contributed by atoms with Crippen LogP contribution in [-0.4, -0.2) is 12.8 Å². The van der Waals surface area contributed by atoms with E-state index in [1.54, 1.807) is 0 Å². The van der Waals surface area contributed by atoms with Gasteiger partial charge in [0.2, 0.25) is 0 Å². The van der Waals surface area contributed by atoms with E-state index in [1.165, 1.54) is 67.4 Å². The summed E-state index contributed by atoms with van der Waals surface area (Å²) in [6.07, 6.45) is 25.2.